The number of aliphatic carboxylic acids is 1. The third-order valence-corrected chi connectivity index (χ3v) is 5.19. The van der Waals surface area contributed by atoms with Crippen molar-refractivity contribution >= 4 is 16.0 Å². The number of aromatic amines is 1. The molecule has 2 heterocycles. The van der Waals surface area contributed by atoms with Crippen LogP contribution in [-0.4, -0.2) is 59.8 Å². The Bertz CT molecular complexity index is 582. The number of hydrogen-bond acceptors (Lipinski definition) is 5. The fraction of sp³-hybridized carbons (Fsp3) is 0.600. The monoisotopic (exact) mass is 289 g/mol. The third kappa shape index (κ3) is 2.36. The van der Waals surface area contributed by atoms with E-state index in [1.165, 1.54) is 13.3 Å². The van der Waals surface area contributed by atoms with Crippen molar-refractivity contribution in [3.63, 3.8) is 0 Å². The van der Waals surface area contributed by atoms with Crippen LogP contribution in [0.3, 0.4) is 0 Å². The number of ether oxygens (including phenoxy) is 1. The van der Waals surface area contributed by atoms with E-state index in [0.717, 1.165) is 4.31 Å². The molecule has 19 heavy (non-hydrogen) atoms. The van der Waals surface area contributed by atoms with Crippen LogP contribution >= 0.6 is 0 Å². The molecule has 2 N–H and O–H groups in total. The first kappa shape index (κ1) is 14.0. The van der Waals surface area contributed by atoms with Crippen molar-refractivity contribution in [1.82, 2.24) is 14.5 Å². The SMILES string of the molecule is COC1CC(C(=O)O)N(S(=O)(=O)c2cn[nH]c2C)C1. The van der Waals surface area contributed by atoms with E-state index in [9.17, 15) is 13.2 Å². The van der Waals surface area contributed by atoms with Gasteiger partial charge >= 0.3 is 5.97 Å². The fourth-order valence-corrected chi connectivity index (χ4v) is 3.90. The van der Waals surface area contributed by atoms with Crippen LogP contribution in [0.5, 0.6) is 0 Å². The van der Waals surface area contributed by atoms with E-state index in [4.69, 9.17) is 9.84 Å². The number of H-pyrrole nitrogens is 1. The van der Waals surface area contributed by atoms with E-state index in [1.807, 2.05) is 0 Å². The van der Waals surface area contributed by atoms with Gasteiger partial charge in [0, 0.05) is 20.1 Å². The Balaban J connectivity index is 2.39. The lowest BCUT2D eigenvalue weighted by Gasteiger charge is -2.20. The average Bonchev–Trinajstić information content (AvgIpc) is 2.94. The predicted octanol–water partition coefficient (Wildman–Crippen LogP) is -0.419. The summed E-state index contributed by atoms with van der Waals surface area (Å²) in [7, 11) is -2.45. The maximum atomic E-state index is 12.4. The number of hydrogen-bond donors (Lipinski definition) is 2. The molecule has 0 spiro atoms. The Morgan fingerprint density at radius 2 is 2.32 bits per heavy atom. The summed E-state index contributed by atoms with van der Waals surface area (Å²) in [6, 6.07) is -1.11. The van der Waals surface area contributed by atoms with E-state index in [1.54, 1.807) is 6.92 Å². The molecule has 0 aliphatic carbocycles. The van der Waals surface area contributed by atoms with Crippen LogP contribution in [0.1, 0.15) is 12.1 Å². The minimum Gasteiger partial charge on any atom is -0.480 e. The van der Waals surface area contributed by atoms with E-state index in [0.29, 0.717) is 5.69 Å². The van der Waals surface area contributed by atoms with Crippen molar-refractivity contribution < 1.29 is 23.1 Å². The summed E-state index contributed by atoms with van der Waals surface area (Å²) in [6.07, 6.45) is 0.911. The maximum Gasteiger partial charge on any atom is 0.322 e. The summed E-state index contributed by atoms with van der Waals surface area (Å²) in [5.74, 6) is -1.18. The van der Waals surface area contributed by atoms with E-state index in [2.05, 4.69) is 10.2 Å². The third-order valence-electron chi connectivity index (χ3n) is 3.21. The van der Waals surface area contributed by atoms with Gasteiger partial charge in [-0.2, -0.15) is 9.40 Å². The molecule has 0 amide bonds. The van der Waals surface area contributed by atoms with Crippen molar-refractivity contribution in [2.45, 2.75) is 30.4 Å². The first-order valence-electron chi connectivity index (χ1n) is 5.65. The van der Waals surface area contributed by atoms with E-state index in [-0.39, 0.29) is 17.9 Å². The number of aromatic nitrogens is 2. The molecule has 0 aromatic carbocycles. The molecule has 0 bridgehead atoms. The first-order chi connectivity index (χ1) is 8.87. The van der Waals surface area contributed by atoms with Crippen LogP contribution in [0.4, 0.5) is 0 Å². The van der Waals surface area contributed by atoms with Gasteiger partial charge in [0.1, 0.15) is 10.9 Å². The lowest BCUT2D eigenvalue weighted by Crippen LogP contribution is -2.40. The summed E-state index contributed by atoms with van der Waals surface area (Å²) >= 11 is 0. The van der Waals surface area contributed by atoms with Crippen LogP contribution < -0.4 is 0 Å². The van der Waals surface area contributed by atoms with Gasteiger partial charge in [0.05, 0.1) is 18.0 Å². The quantitative estimate of drug-likeness (QED) is 0.778. The number of sulfonamides is 1. The highest BCUT2D eigenvalue weighted by Gasteiger charge is 2.44. The molecule has 2 unspecified atom stereocenters. The number of aryl methyl sites for hydroxylation is 1. The number of nitrogens with one attached hydrogen (secondary N) is 1. The molecule has 1 saturated heterocycles. The average molecular weight is 289 g/mol. The number of nitrogens with zero attached hydrogens (tertiary/aromatic N) is 2. The van der Waals surface area contributed by atoms with Gasteiger partial charge in [-0.05, 0) is 6.92 Å². The smallest absolute Gasteiger partial charge is 0.322 e. The molecule has 1 aromatic heterocycles. The molecule has 1 aromatic rings. The first-order valence-corrected chi connectivity index (χ1v) is 7.09. The molecule has 9 heteroatoms. The van der Waals surface area contributed by atoms with Gasteiger partial charge in [-0.25, -0.2) is 8.42 Å². The summed E-state index contributed by atoms with van der Waals surface area (Å²) in [4.78, 5) is 11.2. The molecular formula is C10H15N3O5S. The zero-order valence-corrected chi connectivity index (χ0v) is 11.3. The van der Waals surface area contributed by atoms with Crippen molar-refractivity contribution in [1.29, 1.82) is 0 Å². The van der Waals surface area contributed by atoms with Gasteiger partial charge in [0.15, 0.2) is 0 Å². The molecule has 2 rings (SSSR count). The number of methoxy groups -OCH3 is 1. The summed E-state index contributed by atoms with van der Waals surface area (Å²) in [5.41, 5.74) is 0.380. The summed E-state index contributed by atoms with van der Waals surface area (Å²) < 4.78 is 30.9. The molecule has 1 aliphatic heterocycles. The lowest BCUT2D eigenvalue weighted by molar-refractivity contribution is -0.140. The van der Waals surface area contributed by atoms with Crippen molar-refractivity contribution in [3.8, 4) is 0 Å². The molecule has 2 atom stereocenters. The topological polar surface area (TPSA) is 113 Å². The second-order valence-electron chi connectivity index (χ2n) is 4.38. The summed E-state index contributed by atoms with van der Waals surface area (Å²) in [5, 5.41) is 15.3. The number of carboxylic acid groups (broad SMARTS) is 1. The largest absolute Gasteiger partial charge is 0.480 e. The Morgan fingerprint density at radius 1 is 1.63 bits per heavy atom. The predicted molar refractivity (Wildman–Crippen MR) is 64.1 cm³/mol. The van der Waals surface area contributed by atoms with Gasteiger partial charge < -0.3 is 9.84 Å². The van der Waals surface area contributed by atoms with Gasteiger partial charge in [-0.15, -0.1) is 0 Å². The second kappa shape index (κ2) is 4.91. The van der Waals surface area contributed by atoms with Crippen molar-refractivity contribution in [2.75, 3.05) is 13.7 Å². The highest BCUT2D eigenvalue weighted by molar-refractivity contribution is 7.89. The standard InChI is InChI=1S/C10H15N3O5S/c1-6-9(4-11-12-6)19(16,17)13-5-7(18-2)3-8(13)10(14)15/h4,7-8H,3,5H2,1-2H3,(H,11,12)(H,14,15). The van der Waals surface area contributed by atoms with Gasteiger partial charge in [0.2, 0.25) is 10.0 Å². The zero-order chi connectivity index (χ0) is 14.2. The maximum absolute atomic E-state index is 12.4. The molecule has 0 radical (unpaired) electrons. The molecule has 8 nitrogen and oxygen atoms in total. The minimum atomic E-state index is -3.88. The number of rotatable bonds is 4. The molecule has 0 saturated carbocycles. The Hall–Kier alpha value is -1.45. The molecule has 1 fully saturated rings. The van der Waals surface area contributed by atoms with Crippen LogP contribution in [0, 0.1) is 6.92 Å². The Morgan fingerprint density at radius 3 is 2.79 bits per heavy atom. The molecule has 1 aliphatic rings. The summed E-state index contributed by atoms with van der Waals surface area (Å²) in [6.45, 7) is 1.60. The van der Waals surface area contributed by atoms with E-state index < -0.39 is 28.1 Å². The lowest BCUT2D eigenvalue weighted by atomic mass is 10.2. The second-order valence-corrected chi connectivity index (χ2v) is 6.24. The van der Waals surface area contributed by atoms with Gasteiger partial charge in [-0.3, -0.25) is 9.89 Å². The fourth-order valence-electron chi connectivity index (χ4n) is 2.16. The number of carbonyl (C=O) groups is 1. The molecular weight excluding hydrogens is 274 g/mol. The van der Waals surface area contributed by atoms with Crippen LogP contribution in [0.25, 0.3) is 0 Å². The van der Waals surface area contributed by atoms with Crippen LogP contribution in [0.2, 0.25) is 0 Å². The van der Waals surface area contributed by atoms with Crippen molar-refractivity contribution in [2.24, 2.45) is 0 Å². The minimum absolute atomic E-state index is 0.00416. The van der Waals surface area contributed by atoms with Crippen LogP contribution in [-0.2, 0) is 19.6 Å². The van der Waals surface area contributed by atoms with E-state index >= 15 is 0 Å². The Labute approximate surface area is 110 Å². The van der Waals surface area contributed by atoms with Crippen LogP contribution in [0.15, 0.2) is 11.1 Å². The zero-order valence-electron chi connectivity index (χ0n) is 10.5. The number of carboxylic acids is 1. The molecule has 106 valence electrons. The highest BCUT2D eigenvalue weighted by Crippen LogP contribution is 2.28. The van der Waals surface area contributed by atoms with Crippen molar-refractivity contribution in [3.05, 3.63) is 11.9 Å². The van der Waals surface area contributed by atoms with Gasteiger partial charge in [-0.1, -0.05) is 0 Å². The highest BCUT2D eigenvalue weighted by atomic mass is 32.2. The van der Waals surface area contributed by atoms with Gasteiger partial charge in [0.25, 0.3) is 0 Å². The normalized spacial score (nSPS) is 24.7. The Kier molecular flexibility index (Phi) is 3.61.